The second-order valence-corrected chi connectivity index (χ2v) is 23.9. The molecule has 0 rings (SSSR count). The van der Waals surface area contributed by atoms with Gasteiger partial charge in [0.25, 0.3) is 0 Å². The van der Waals surface area contributed by atoms with Crippen LogP contribution in [0.4, 0.5) is 0 Å². The minimum absolute atomic E-state index is 0.00537. The number of nitrogens with one attached hydrogen (secondary N) is 1. The lowest BCUT2D eigenvalue weighted by Gasteiger charge is -2.20. The molecule has 0 spiro atoms. The van der Waals surface area contributed by atoms with Gasteiger partial charge in [-0.25, -0.2) is 0 Å². The van der Waals surface area contributed by atoms with Gasteiger partial charge in [-0.1, -0.05) is 339 Å². The van der Waals surface area contributed by atoms with E-state index in [1.807, 2.05) is 6.08 Å². The Morgan fingerprint density at radius 2 is 0.649 bits per heavy atom. The van der Waals surface area contributed by atoms with Crippen molar-refractivity contribution in [2.75, 3.05) is 13.2 Å². The van der Waals surface area contributed by atoms with Gasteiger partial charge in [0.1, 0.15) is 0 Å². The van der Waals surface area contributed by atoms with E-state index in [0.717, 1.165) is 51.4 Å². The average molecular weight is 1080 g/mol. The van der Waals surface area contributed by atoms with E-state index in [2.05, 4.69) is 43.5 Å². The van der Waals surface area contributed by atoms with Crippen molar-refractivity contribution in [1.29, 1.82) is 0 Å². The van der Waals surface area contributed by atoms with Crippen molar-refractivity contribution in [2.45, 2.75) is 392 Å². The first-order valence-corrected chi connectivity index (χ1v) is 34.8. The lowest BCUT2D eigenvalue weighted by atomic mass is 10.0. The van der Waals surface area contributed by atoms with Gasteiger partial charge in [-0.3, -0.25) is 9.59 Å². The molecule has 3 N–H and O–H groups in total. The second kappa shape index (κ2) is 66.6. The molecular formula is C71H135NO5. The highest BCUT2D eigenvalue weighted by molar-refractivity contribution is 5.76. The molecule has 454 valence electrons. The number of unbranched alkanes of at least 4 members (excludes halogenated alkanes) is 50. The number of esters is 1. The molecule has 2 atom stereocenters. The number of aliphatic hydroxyl groups is 2. The van der Waals surface area contributed by atoms with Gasteiger partial charge >= 0.3 is 5.97 Å². The number of carbonyl (C=O) groups is 2. The Labute approximate surface area is 481 Å². The zero-order valence-corrected chi connectivity index (χ0v) is 52.0. The van der Waals surface area contributed by atoms with Crippen LogP contribution in [0.2, 0.25) is 0 Å². The van der Waals surface area contributed by atoms with Crippen LogP contribution in [0.5, 0.6) is 0 Å². The van der Waals surface area contributed by atoms with E-state index in [1.54, 1.807) is 6.08 Å². The van der Waals surface area contributed by atoms with Crippen molar-refractivity contribution in [2.24, 2.45) is 0 Å². The fraction of sp³-hybridized carbons (Fsp3) is 0.887. The summed E-state index contributed by atoms with van der Waals surface area (Å²) in [7, 11) is 0. The van der Waals surface area contributed by atoms with Gasteiger partial charge in [0, 0.05) is 12.8 Å². The maximum Gasteiger partial charge on any atom is 0.305 e. The van der Waals surface area contributed by atoms with Crippen molar-refractivity contribution in [3.8, 4) is 0 Å². The summed E-state index contributed by atoms with van der Waals surface area (Å²) in [4.78, 5) is 24.6. The van der Waals surface area contributed by atoms with E-state index in [9.17, 15) is 19.8 Å². The number of rotatable bonds is 65. The Morgan fingerprint density at radius 1 is 0.364 bits per heavy atom. The molecule has 0 aliphatic carbocycles. The number of allylic oxidation sites excluding steroid dienone is 5. The van der Waals surface area contributed by atoms with Crippen LogP contribution in [-0.2, 0) is 14.3 Å². The molecule has 0 aromatic rings. The summed E-state index contributed by atoms with van der Waals surface area (Å²) in [5.74, 6) is -0.0568. The number of amides is 1. The van der Waals surface area contributed by atoms with Crippen LogP contribution in [0.3, 0.4) is 0 Å². The van der Waals surface area contributed by atoms with Crippen LogP contribution >= 0.6 is 0 Å². The number of hydrogen-bond donors (Lipinski definition) is 3. The third kappa shape index (κ3) is 63.1. The summed E-state index contributed by atoms with van der Waals surface area (Å²) in [6, 6.07) is -0.625. The zero-order chi connectivity index (χ0) is 55.7. The molecule has 0 aliphatic rings. The third-order valence-corrected chi connectivity index (χ3v) is 16.2. The van der Waals surface area contributed by atoms with E-state index in [1.165, 1.54) is 302 Å². The third-order valence-electron chi connectivity index (χ3n) is 16.2. The summed E-state index contributed by atoms with van der Waals surface area (Å²) >= 11 is 0. The molecule has 0 bridgehead atoms. The predicted molar refractivity (Wildman–Crippen MR) is 338 cm³/mol. The van der Waals surface area contributed by atoms with Crippen molar-refractivity contribution >= 4 is 11.9 Å². The van der Waals surface area contributed by atoms with Crippen LogP contribution in [-0.4, -0.2) is 47.4 Å². The number of aliphatic hydroxyl groups excluding tert-OH is 2. The van der Waals surface area contributed by atoms with E-state index in [0.29, 0.717) is 19.4 Å². The second-order valence-electron chi connectivity index (χ2n) is 23.9. The summed E-state index contributed by atoms with van der Waals surface area (Å²) < 4.78 is 5.49. The Kier molecular flexibility index (Phi) is 64.9. The first kappa shape index (κ1) is 75.1. The average Bonchev–Trinajstić information content (AvgIpc) is 3.43. The van der Waals surface area contributed by atoms with Crippen molar-refractivity contribution < 1.29 is 24.5 Å². The molecule has 6 nitrogen and oxygen atoms in total. The smallest absolute Gasteiger partial charge is 0.305 e. The quantitative estimate of drug-likeness (QED) is 0.0320. The van der Waals surface area contributed by atoms with Gasteiger partial charge in [-0.2, -0.15) is 0 Å². The first-order chi connectivity index (χ1) is 38.0. The molecule has 0 aliphatic heterocycles. The van der Waals surface area contributed by atoms with Crippen molar-refractivity contribution in [3.05, 3.63) is 36.5 Å². The summed E-state index contributed by atoms with van der Waals surface area (Å²) in [5.41, 5.74) is 0. The predicted octanol–water partition coefficient (Wildman–Crippen LogP) is 22.3. The fourth-order valence-corrected chi connectivity index (χ4v) is 10.8. The molecule has 0 heterocycles. The molecule has 77 heavy (non-hydrogen) atoms. The molecular weight excluding hydrogens is 947 g/mol. The normalized spacial score (nSPS) is 12.7. The lowest BCUT2D eigenvalue weighted by Crippen LogP contribution is -2.45. The van der Waals surface area contributed by atoms with Gasteiger partial charge in [0.05, 0.1) is 25.4 Å². The van der Waals surface area contributed by atoms with Gasteiger partial charge in [0.15, 0.2) is 0 Å². The highest BCUT2D eigenvalue weighted by Gasteiger charge is 2.18. The number of hydrogen-bond acceptors (Lipinski definition) is 5. The van der Waals surface area contributed by atoms with Crippen LogP contribution < -0.4 is 5.32 Å². The van der Waals surface area contributed by atoms with Crippen molar-refractivity contribution in [3.63, 3.8) is 0 Å². The molecule has 0 aromatic carbocycles. The molecule has 0 saturated heterocycles. The van der Waals surface area contributed by atoms with E-state index < -0.39 is 12.1 Å². The largest absolute Gasteiger partial charge is 0.466 e. The van der Waals surface area contributed by atoms with Gasteiger partial charge < -0.3 is 20.3 Å². The van der Waals surface area contributed by atoms with Gasteiger partial charge in [-0.05, 0) is 64.2 Å². The minimum Gasteiger partial charge on any atom is -0.466 e. The first-order valence-electron chi connectivity index (χ1n) is 34.8. The molecule has 0 saturated carbocycles. The summed E-state index contributed by atoms with van der Waals surface area (Å²) in [6.07, 6.45) is 85.1. The maximum absolute atomic E-state index is 12.5. The van der Waals surface area contributed by atoms with E-state index in [4.69, 9.17) is 4.74 Å². The Balaban J connectivity index is 3.36. The lowest BCUT2D eigenvalue weighted by molar-refractivity contribution is -0.143. The monoisotopic (exact) mass is 1080 g/mol. The molecule has 0 radical (unpaired) electrons. The molecule has 1 amide bonds. The Hall–Kier alpha value is -1.92. The molecule has 6 heteroatoms. The van der Waals surface area contributed by atoms with Crippen LogP contribution in [0.25, 0.3) is 0 Å². The summed E-state index contributed by atoms with van der Waals surface area (Å²) in [6.45, 7) is 4.90. The Bertz CT molecular complexity index is 1250. The van der Waals surface area contributed by atoms with Crippen LogP contribution in [0, 0.1) is 0 Å². The number of ether oxygens (including phenoxy) is 1. The van der Waals surface area contributed by atoms with Crippen molar-refractivity contribution in [1.82, 2.24) is 5.32 Å². The number of carbonyl (C=O) groups excluding carboxylic acids is 2. The van der Waals surface area contributed by atoms with E-state index >= 15 is 0 Å². The van der Waals surface area contributed by atoms with Gasteiger partial charge in [0.2, 0.25) is 5.91 Å². The molecule has 0 fully saturated rings. The zero-order valence-electron chi connectivity index (χ0n) is 52.0. The van der Waals surface area contributed by atoms with Crippen LogP contribution in [0.1, 0.15) is 380 Å². The highest BCUT2D eigenvalue weighted by atomic mass is 16.5. The maximum atomic E-state index is 12.5. The fourth-order valence-electron chi connectivity index (χ4n) is 10.8. The molecule has 2 unspecified atom stereocenters. The topological polar surface area (TPSA) is 95.9 Å². The van der Waals surface area contributed by atoms with Gasteiger partial charge in [-0.15, -0.1) is 0 Å². The Morgan fingerprint density at radius 3 is 1.01 bits per heavy atom. The summed E-state index contributed by atoms with van der Waals surface area (Å²) in [5, 5.41) is 23.2. The SMILES string of the molecule is CCCCC/C=C\C/C=C\CCCCCCCC(=O)OCCCCCCCCCCCCCCCCCCCCCCCCCCCCCCCC(=O)NC(CO)C(O)/C=C/CCCCCCCCCCCCCCCC. The minimum atomic E-state index is -0.842. The highest BCUT2D eigenvalue weighted by Crippen LogP contribution is 2.19. The van der Waals surface area contributed by atoms with Crippen LogP contribution in [0.15, 0.2) is 36.5 Å². The standard InChI is InChI=1S/C71H135NO5/c1-3-5-7-9-11-13-15-17-19-36-39-43-47-51-55-59-63-69(74)68(67-73)72-70(75)64-60-56-52-48-44-40-37-33-31-29-27-25-23-21-20-22-24-26-28-30-32-34-38-42-46-50-54-58-62-66-77-71(76)65-61-57-53-49-45-41-35-18-16-14-12-10-8-6-4-2/h12,14,18,35,59,63,68-69,73-74H,3-11,13,15-17,19-34,36-58,60-62,64-67H2,1-2H3,(H,72,75)/b14-12-,35-18-,63-59+. The molecule has 0 aromatic heterocycles. The van der Waals surface area contributed by atoms with E-state index in [-0.39, 0.29) is 18.5 Å².